The lowest BCUT2D eigenvalue weighted by Crippen LogP contribution is -2.42. The molecule has 3 N–H and O–H groups in total. The van der Waals surface area contributed by atoms with Gasteiger partial charge in [-0.2, -0.15) is 0 Å². The molecule has 1 aliphatic rings. The number of pyridine rings is 1. The fourth-order valence-electron chi connectivity index (χ4n) is 3.28. The first-order chi connectivity index (χ1) is 11.3. The van der Waals surface area contributed by atoms with Crippen LogP contribution in [0.1, 0.15) is 13.3 Å². The molecule has 1 aliphatic heterocycles. The number of anilines is 1. The number of fused-ring (bicyclic) bond motifs is 1. The zero-order valence-corrected chi connectivity index (χ0v) is 13.1. The Morgan fingerprint density at radius 1 is 1.22 bits per heavy atom. The average molecular weight is 308 g/mol. The molecule has 23 heavy (non-hydrogen) atoms. The predicted molar refractivity (Wildman–Crippen MR) is 91.2 cm³/mol. The minimum absolute atomic E-state index is 0.403. The Balaban J connectivity index is 1.77. The minimum atomic E-state index is 0.403. The van der Waals surface area contributed by atoms with Gasteiger partial charge in [0.05, 0.1) is 11.4 Å². The highest BCUT2D eigenvalue weighted by atomic mass is 15.0. The molecular weight excluding hydrogens is 288 g/mol. The third-order valence-corrected chi connectivity index (χ3v) is 4.36. The van der Waals surface area contributed by atoms with E-state index in [1.54, 1.807) is 12.5 Å². The zero-order chi connectivity index (χ0) is 15.6. The van der Waals surface area contributed by atoms with Crippen molar-refractivity contribution in [2.75, 3.05) is 18.4 Å². The summed E-state index contributed by atoms with van der Waals surface area (Å²) >= 11 is 0. The van der Waals surface area contributed by atoms with Crippen LogP contribution < -0.4 is 10.6 Å². The molecule has 0 aromatic carbocycles. The summed E-state index contributed by atoms with van der Waals surface area (Å²) < 4.78 is 0. The van der Waals surface area contributed by atoms with Crippen molar-refractivity contribution in [3.05, 3.63) is 37.1 Å². The smallest absolute Gasteiger partial charge is 0.139 e. The first kappa shape index (κ1) is 14.1. The molecule has 4 heterocycles. The van der Waals surface area contributed by atoms with Crippen LogP contribution in [0.2, 0.25) is 0 Å². The number of H-pyrrole nitrogens is 1. The number of nitrogens with one attached hydrogen (secondary N) is 3. The summed E-state index contributed by atoms with van der Waals surface area (Å²) in [7, 11) is 0. The molecule has 118 valence electrons. The average Bonchev–Trinajstić information content (AvgIpc) is 3.05. The van der Waals surface area contributed by atoms with Crippen molar-refractivity contribution in [3.8, 4) is 11.3 Å². The molecule has 0 amide bonds. The van der Waals surface area contributed by atoms with E-state index in [0.717, 1.165) is 47.5 Å². The van der Waals surface area contributed by atoms with Gasteiger partial charge in [-0.15, -0.1) is 0 Å². The van der Waals surface area contributed by atoms with Crippen molar-refractivity contribution in [3.63, 3.8) is 0 Å². The van der Waals surface area contributed by atoms with Crippen molar-refractivity contribution in [1.82, 2.24) is 25.3 Å². The lowest BCUT2D eigenvalue weighted by Gasteiger charge is -2.30. The molecule has 0 spiro atoms. The summed E-state index contributed by atoms with van der Waals surface area (Å²) in [5.74, 6) is 0.673. The Morgan fingerprint density at radius 3 is 3.00 bits per heavy atom. The topological polar surface area (TPSA) is 78.5 Å². The van der Waals surface area contributed by atoms with Crippen molar-refractivity contribution in [2.24, 2.45) is 5.92 Å². The van der Waals surface area contributed by atoms with Gasteiger partial charge in [-0.1, -0.05) is 6.92 Å². The first-order valence-electron chi connectivity index (χ1n) is 8.01. The lowest BCUT2D eigenvalue weighted by molar-refractivity contribution is 0.378. The third kappa shape index (κ3) is 2.77. The van der Waals surface area contributed by atoms with Gasteiger partial charge in [0.15, 0.2) is 0 Å². The largest absolute Gasteiger partial charge is 0.380 e. The molecule has 1 saturated heterocycles. The molecule has 3 aromatic heterocycles. The van der Waals surface area contributed by atoms with E-state index in [4.69, 9.17) is 0 Å². The van der Waals surface area contributed by atoms with E-state index >= 15 is 0 Å². The fraction of sp³-hybridized carbons (Fsp3) is 0.353. The van der Waals surface area contributed by atoms with Crippen LogP contribution >= 0.6 is 0 Å². The van der Waals surface area contributed by atoms with E-state index in [1.807, 2.05) is 18.5 Å². The standard InChI is InChI=1S/C17H20N6/c1-11-6-12(8-19-7-11)23-16-13-2-5-20-17(13)21-9-14(16)15-3-4-18-10-22-15/h2-5,9-12,19H,6-8H2,1H3,(H2,20,21,23). The molecule has 0 bridgehead atoms. The fourth-order valence-corrected chi connectivity index (χ4v) is 3.28. The normalized spacial score (nSPS) is 21.4. The second kappa shape index (κ2) is 5.96. The Morgan fingerprint density at radius 2 is 2.17 bits per heavy atom. The number of aromatic amines is 1. The number of hydrogen-bond acceptors (Lipinski definition) is 5. The SMILES string of the molecule is CC1CNCC(Nc2c(-c3ccncn3)cnc3[nH]ccc23)C1. The minimum Gasteiger partial charge on any atom is -0.380 e. The summed E-state index contributed by atoms with van der Waals surface area (Å²) in [6, 6.07) is 4.39. The zero-order valence-electron chi connectivity index (χ0n) is 13.1. The molecule has 4 rings (SSSR count). The van der Waals surface area contributed by atoms with Gasteiger partial charge in [0, 0.05) is 42.1 Å². The maximum atomic E-state index is 4.51. The van der Waals surface area contributed by atoms with Crippen LogP contribution in [-0.2, 0) is 0 Å². The Bertz CT molecular complexity index is 797. The summed E-state index contributed by atoms with van der Waals surface area (Å²) in [5, 5.41) is 8.32. The van der Waals surface area contributed by atoms with Gasteiger partial charge in [0.2, 0.25) is 0 Å². The van der Waals surface area contributed by atoms with E-state index in [2.05, 4.69) is 43.6 Å². The lowest BCUT2D eigenvalue weighted by atomic mass is 9.97. The van der Waals surface area contributed by atoms with Gasteiger partial charge in [-0.3, -0.25) is 0 Å². The van der Waals surface area contributed by atoms with Gasteiger partial charge in [0.25, 0.3) is 0 Å². The van der Waals surface area contributed by atoms with Crippen molar-refractivity contribution in [1.29, 1.82) is 0 Å². The van der Waals surface area contributed by atoms with E-state index in [1.165, 1.54) is 0 Å². The molecule has 6 heteroatoms. The molecule has 1 fully saturated rings. The van der Waals surface area contributed by atoms with Crippen LogP contribution in [0.15, 0.2) is 37.1 Å². The highest BCUT2D eigenvalue weighted by Crippen LogP contribution is 2.33. The Kier molecular flexibility index (Phi) is 3.67. The Labute approximate surface area is 134 Å². The molecule has 2 atom stereocenters. The number of hydrogen-bond donors (Lipinski definition) is 3. The monoisotopic (exact) mass is 308 g/mol. The van der Waals surface area contributed by atoms with E-state index in [0.29, 0.717) is 12.0 Å². The third-order valence-electron chi connectivity index (χ3n) is 4.36. The van der Waals surface area contributed by atoms with Gasteiger partial charge < -0.3 is 15.6 Å². The van der Waals surface area contributed by atoms with E-state index in [9.17, 15) is 0 Å². The highest BCUT2D eigenvalue weighted by molar-refractivity contribution is 5.97. The number of aromatic nitrogens is 4. The molecule has 0 aliphatic carbocycles. The molecular formula is C17H20N6. The number of piperidine rings is 1. The quantitative estimate of drug-likeness (QED) is 0.692. The molecule has 0 radical (unpaired) electrons. The van der Waals surface area contributed by atoms with Crippen molar-refractivity contribution in [2.45, 2.75) is 19.4 Å². The van der Waals surface area contributed by atoms with Crippen LogP contribution in [-0.4, -0.2) is 39.1 Å². The highest BCUT2D eigenvalue weighted by Gasteiger charge is 2.21. The van der Waals surface area contributed by atoms with Crippen LogP contribution in [0.5, 0.6) is 0 Å². The first-order valence-corrected chi connectivity index (χ1v) is 8.01. The molecule has 2 unspecified atom stereocenters. The van der Waals surface area contributed by atoms with E-state index in [-0.39, 0.29) is 0 Å². The second-order valence-corrected chi connectivity index (χ2v) is 6.22. The molecule has 0 saturated carbocycles. The van der Waals surface area contributed by atoms with Gasteiger partial charge in [-0.05, 0) is 31.0 Å². The number of nitrogens with zero attached hydrogens (tertiary/aromatic N) is 3. The van der Waals surface area contributed by atoms with Crippen LogP contribution in [0, 0.1) is 5.92 Å². The molecule has 6 nitrogen and oxygen atoms in total. The van der Waals surface area contributed by atoms with Crippen molar-refractivity contribution >= 4 is 16.7 Å². The van der Waals surface area contributed by atoms with Gasteiger partial charge in [0.1, 0.15) is 12.0 Å². The van der Waals surface area contributed by atoms with E-state index < -0.39 is 0 Å². The summed E-state index contributed by atoms with van der Waals surface area (Å²) in [4.78, 5) is 16.1. The maximum Gasteiger partial charge on any atom is 0.139 e. The van der Waals surface area contributed by atoms with Gasteiger partial charge in [-0.25, -0.2) is 15.0 Å². The second-order valence-electron chi connectivity index (χ2n) is 6.22. The molecule has 3 aromatic rings. The number of rotatable bonds is 3. The summed E-state index contributed by atoms with van der Waals surface area (Å²) in [6.45, 7) is 4.35. The predicted octanol–water partition coefficient (Wildman–Crippen LogP) is 2.43. The summed E-state index contributed by atoms with van der Waals surface area (Å²) in [5.41, 5.74) is 3.88. The van der Waals surface area contributed by atoms with Crippen LogP contribution in [0.25, 0.3) is 22.3 Å². The Hall–Kier alpha value is -2.47. The summed E-state index contributed by atoms with van der Waals surface area (Å²) in [6.07, 6.45) is 8.30. The van der Waals surface area contributed by atoms with Gasteiger partial charge >= 0.3 is 0 Å². The van der Waals surface area contributed by atoms with Crippen LogP contribution in [0.3, 0.4) is 0 Å². The van der Waals surface area contributed by atoms with Crippen molar-refractivity contribution < 1.29 is 0 Å². The maximum absolute atomic E-state index is 4.51. The van der Waals surface area contributed by atoms with Crippen LogP contribution in [0.4, 0.5) is 5.69 Å².